The van der Waals surface area contributed by atoms with Crippen molar-refractivity contribution in [3.8, 4) is 0 Å². The van der Waals surface area contributed by atoms with Gasteiger partial charge in [0, 0.05) is 6.20 Å². The number of carbonyl (C=O) groups is 2. The number of hydrogen-bond donors (Lipinski definition) is 0. The van der Waals surface area contributed by atoms with Crippen LogP contribution in [0.2, 0.25) is 0 Å². The summed E-state index contributed by atoms with van der Waals surface area (Å²) in [6.45, 7) is 12.9. The summed E-state index contributed by atoms with van der Waals surface area (Å²) >= 11 is 0. The van der Waals surface area contributed by atoms with E-state index in [1.54, 1.807) is 11.1 Å². The van der Waals surface area contributed by atoms with Gasteiger partial charge in [-0.15, -0.1) is 0 Å². The zero-order valence-electron chi connectivity index (χ0n) is 21.0. The molecule has 1 aliphatic carbocycles. The predicted octanol–water partition coefficient (Wildman–Crippen LogP) is 5.68. The van der Waals surface area contributed by atoms with Crippen LogP contribution in [-0.2, 0) is 19.7 Å². The van der Waals surface area contributed by atoms with Crippen LogP contribution in [0.25, 0.3) is 0 Å². The second kappa shape index (κ2) is 8.07. The van der Waals surface area contributed by atoms with Crippen LogP contribution in [0.5, 0.6) is 0 Å². The first-order valence-corrected chi connectivity index (χ1v) is 12.4. The molecule has 5 atom stereocenters. The Labute approximate surface area is 202 Å². The Bertz CT molecular complexity index is 1170. The first kappa shape index (κ1) is 22.8. The van der Waals surface area contributed by atoms with Crippen LogP contribution < -0.4 is 4.90 Å². The molecule has 0 radical (unpaired) electrons. The van der Waals surface area contributed by atoms with Gasteiger partial charge in [-0.1, -0.05) is 58.9 Å². The van der Waals surface area contributed by atoms with E-state index in [0.717, 1.165) is 24.0 Å². The number of aryl methyl sites for hydroxylation is 1. The van der Waals surface area contributed by atoms with Gasteiger partial charge in [0.05, 0.1) is 17.5 Å². The second-order valence-electron chi connectivity index (χ2n) is 11.4. The number of carbonyl (C=O) groups excluding carboxylic acids is 2. The molecule has 178 valence electrons. The summed E-state index contributed by atoms with van der Waals surface area (Å²) in [5.41, 5.74) is 3.63. The second-order valence-corrected chi connectivity index (χ2v) is 11.4. The van der Waals surface area contributed by atoms with Crippen LogP contribution in [0.3, 0.4) is 0 Å². The maximum absolute atomic E-state index is 14.0. The number of benzene rings is 1. The first-order valence-electron chi connectivity index (χ1n) is 12.4. The van der Waals surface area contributed by atoms with Crippen molar-refractivity contribution in [2.45, 2.75) is 71.9 Å². The third kappa shape index (κ3) is 3.66. The normalized spacial score (nSPS) is 29.1. The maximum atomic E-state index is 14.0. The molecule has 5 nitrogen and oxygen atoms in total. The summed E-state index contributed by atoms with van der Waals surface area (Å²) < 4.78 is 6.37. The molecule has 1 fully saturated rings. The van der Waals surface area contributed by atoms with Crippen molar-refractivity contribution < 1.29 is 14.3 Å². The fourth-order valence-corrected chi connectivity index (χ4v) is 5.63. The lowest BCUT2D eigenvalue weighted by atomic mass is 9.70. The lowest BCUT2D eigenvalue weighted by Gasteiger charge is -2.40. The molecular weight excluding hydrogens is 424 g/mol. The van der Waals surface area contributed by atoms with Crippen molar-refractivity contribution >= 4 is 17.5 Å². The van der Waals surface area contributed by atoms with Gasteiger partial charge in [0.25, 0.3) is 5.91 Å². The smallest absolute Gasteiger partial charge is 0.295 e. The van der Waals surface area contributed by atoms with Crippen molar-refractivity contribution in [1.82, 2.24) is 4.98 Å². The molecule has 1 amide bonds. The number of fused-ring (bicyclic) bond motifs is 1. The van der Waals surface area contributed by atoms with Gasteiger partial charge in [0.2, 0.25) is 0 Å². The van der Waals surface area contributed by atoms with E-state index in [2.05, 4.69) is 51.7 Å². The summed E-state index contributed by atoms with van der Waals surface area (Å²) in [5.74, 6) is 1.29. The highest BCUT2D eigenvalue weighted by atomic mass is 16.5. The predicted molar refractivity (Wildman–Crippen MR) is 132 cm³/mol. The average molecular weight is 459 g/mol. The molecule has 5 rings (SSSR count). The minimum atomic E-state index is -0.533. The van der Waals surface area contributed by atoms with E-state index in [1.165, 1.54) is 5.56 Å². The Kier molecular flexibility index (Phi) is 5.42. The van der Waals surface area contributed by atoms with Gasteiger partial charge in [-0.05, 0) is 65.8 Å². The number of pyridine rings is 1. The van der Waals surface area contributed by atoms with Crippen molar-refractivity contribution in [3.63, 3.8) is 0 Å². The Morgan fingerprint density at radius 1 is 1.00 bits per heavy atom. The SMILES string of the molecule is Cc1ccnc(N2C(=O)C3=C(C(=O)C4CC(C)C(C)CC4O3)C2c2ccc(C(C)(C)C)cc2)c1. The topological polar surface area (TPSA) is 59.5 Å². The first-order chi connectivity index (χ1) is 16.1. The largest absolute Gasteiger partial charge is 0.483 e. The number of anilines is 1. The van der Waals surface area contributed by atoms with E-state index in [9.17, 15) is 9.59 Å². The highest BCUT2D eigenvalue weighted by molar-refractivity contribution is 6.17. The molecule has 2 aromatic rings. The van der Waals surface area contributed by atoms with Crippen molar-refractivity contribution in [2.24, 2.45) is 17.8 Å². The van der Waals surface area contributed by atoms with Crippen molar-refractivity contribution in [3.05, 3.63) is 70.6 Å². The number of nitrogens with zero attached hydrogens (tertiary/aromatic N) is 2. The molecule has 0 saturated heterocycles. The molecule has 5 heteroatoms. The van der Waals surface area contributed by atoms with E-state index in [-0.39, 0.29) is 34.9 Å². The van der Waals surface area contributed by atoms with E-state index < -0.39 is 6.04 Å². The highest BCUT2D eigenvalue weighted by Gasteiger charge is 2.54. The number of hydrogen-bond acceptors (Lipinski definition) is 4. The van der Waals surface area contributed by atoms with Crippen LogP contribution in [0.1, 0.15) is 70.2 Å². The van der Waals surface area contributed by atoms with E-state index in [0.29, 0.717) is 23.2 Å². The number of ether oxygens (including phenoxy) is 1. The third-order valence-electron chi connectivity index (χ3n) is 7.95. The molecule has 34 heavy (non-hydrogen) atoms. The van der Waals surface area contributed by atoms with Crippen LogP contribution in [0.4, 0.5) is 5.82 Å². The van der Waals surface area contributed by atoms with E-state index in [1.807, 2.05) is 31.2 Å². The lowest BCUT2D eigenvalue weighted by Crippen LogP contribution is -2.43. The lowest BCUT2D eigenvalue weighted by molar-refractivity contribution is -0.134. The van der Waals surface area contributed by atoms with Crippen LogP contribution >= 0.6 is 0 Å². The van der Waals surface area contributed by atoms with E-state index >= 15 is 0 Å². The van der Waals surface area contributed by atoms with Gasteiger partial charge < -0.3 is 4.74 Å². The Balaban J connectivity index is 1.63. The van der Waals surface area contributed by atoms with E-state index in [4.69, 9.17) is 4.74 Å². The number of Topliss-reactive ketones (excluding diaryl/α,β-unsaturated/α-hetero) is 1. The summed E-state index contributed by atoms with van der Waals surface area (Å²) in [5, 5.41) is 0. The zero-order valence-corrected chi connectivity index (χ0v) is 21.0. The van der Waals surface area contributed by atoms with Gasteiger partial charge in [-0.25, -0.2) is 4.98 Å². The summed E-state index contributed by atoms with van der Waals surface area (Å²) in [6, 6.07) is 11.6. The minimum absolute atomic E-state index is 0.0121. The Morgan fingerprint density at radius 3 is 2.32 bits per heavy atom. The fraction of sp³-hybridized carbons (Fsp3) is 0.483. The van der Waals surface area contributed by atoms with Crippen molar-refractivity contribution in [1.29, 1.82) is 0 Å². The van der Waals surface area contributed by atoms with Gasteiger partial charge in [-0.3, -0.25) is 14.5 Å². The summed E-state index contributed by atoms with van der Waals surface area (Å²) in [4.78, 5) is 33.9. The third-order valence-corrected chi connectivity index (χ3v) is 7.95. The molecule has 1 saturated carbocycles. The van der Waals surface area contributed by atoms with Gasteiger partial charge in [0.1, 0.15) is 11.9 Å². The molecule has 1 aromatic carbocycles. The monoisotopic (exact) mass is 458 g/mol. The molecule has 0 N–H and O–H groups in total. The average Bonchev–Trinajstić information content (AvgIpc) is 3.07. The molecule has 1 aromatic heterocycles. The highest BCUT2D eigenvalue weighted by Crippen LogP contribution is 2.49. The summed E-state index contributed by atoms with van der Waals surface area (Å²) in [6.07, 6.45) is 3.08. The molecule has 3 aliphatic rings. The molecule has 0 bridgehead atoms. The van der Waals surface area contributed by atoms with Crippen molar-refractivity contribution in [2.75, 3.05) is 4.90 Å². The molecular formula is C29H34N2O3. The Morgan fingerprint density at radius 2 is 1.68 bits per heavy atom. The minimum Gasteiger partial charge on any atom is -0.483 e. The van der Waals surface area contributed by atoms with Gasteiger partial charge in [0.15, 0.2) is 11.5 Å². The Hall–Kier alpha value is -2.95. The van der Waals surface area contributed by atoms with Crippen LogP contribution in [0.15, 0.2) is 53.9 Å². The number of aromatic nitrogens is 1. The van der Waals surface area contributed by atoms with Gasteiger partial charge >= 0.3 is 0 Å². The fourth-order valence-electron chi connectivity index (χ4n) is 5.63. The molecule has 0 spiro atoms. The quantitative estimate of drug-likeness (QED) is 0.581. The number of amides is 1. The number of ketones is 1. The van der Waals surface area contributed by atoms with Gasteiger partial charge in [-0.2, -0.15) is 0 Å². The number of rotatable bonds is 2. The standard InChI is InChI=1S/C29H34N2O3/c1-16-11-12-30-23(13-16)31-25(19-7-9-20(10-8-19)29(4,5)6)24-26(32)21-14-17(2)18(3)15-22(21)34-27(24)28(31)33/h7-13,17-18,21-22,25H,14-15H2,1-6H3. The zero-order chi connectivity index (χ0) is 24.4. The summed E-state index contributed by atoms with van der Waals surface area (Å²) in [7, 11) is 0. The molecule has 2 aliphatic heterocycles. The maximum Gasteiger partial charge on any atom is 0.295 e. The van der Waals surface area contributed by atoms with Crippen LogP contribution in [-0.4, -0.2) is 22.8 Å². The van der Waals surface area contributed by atoms with Crippen LogP contribution in [0, 0.1) is 24.7 Å². The molecule has 3 heterocycles. The molecule has 5 unspecified atom stereocenters.